The molecule has 0 aromatic heterocycles. The van der Waals surface area contributed by atoms with E-state index in [-0.39, 0.29) is 0 Å². The Labute approximate surface area is 125 Å². The van der Waals surface area contributed by atoms with Gasteiger partial charge >= 0.3 is 0 Å². The van der Waals surface area contributed by atoms with Crippen molar-refractivity contribution in [2.24, 2.45) is 11.1 Å². The summed E-state index contributed by atoms with van der Waals surface area (Å²) in [6.45, 7) is 3.06. The molecule has 3 N–H and O–H groups in total. The molecule has 1 aliphatic heterocycles. The van der Waals surface area contributed by atoms with Crippen LogP contribution in [0.15, 0.2) is 24.3 Å². The zero-order valence-corrected chi connectivity index (χ0v) is 12.8. The number of nitrogens with two attached hydrogens (primary N) is 1. The molecule has 20 heavy (non-hydrogen) atoms. The highest BCUT2D eigenvalue weighted by Gasteiger charge is 2.21. The summed E-state index contributed by atoms with van der Waals surface area (Å²) in [7, 11) is -3.60. The van der Waals surface area contributed by atoms with Crippen molar-refractivity contribution in [3.63, 3.8) is 0 Å². The van der Waals surface area contributed by atoms with E-state index in [9.17, 15) is 8.42 Å². The molecule has 0 saturated carbocycles. The molecule has 0 aliphatic carbocycles. The first-order valence-electron chi connectivity index (χ1n) is 6.67. The van der Waals surface area contributed by atoms with Gasteiger partial charge in [-0.2, -0.15) is 8.42 Å². The lowest BCUT2D eigenvalue weighted by molar-refractivity contribution is 0.169. The van der Waals surface area contributed by atoms with Crippen molar-refractivity contribution < 1.29 is 8.42 Å². The van der Waals surface area contributed by atoms with Crippen molar-refractivity contribution >= 4 is 21.8 Å². The lowest BCUT2D eigenvalue weighted by Crippen LogP contribution is -2.42. The second kappa shape index (κ2) is 6.87. The fourth-order valence-corrected chi connectivity index (χ4v) is 3.23. The number of nitrogens with zero attached hydrogens (tertiary/aromatic N) is 1. The molecule has 2 rings (SSSR count). The average molecular weight is 318 g/mol. The van der Waals surface area contributed by atoms with E-state index in [0.717, 1.165) is 43.1 Å². The number of piperidine rings is 1. The van der Waals surface area contributed by atoms with Gasteiger partial charge < -0.3 is 0 Å². The monoisotopic (exact) mass is 317 g/mol. The lowest BCUT2D eigenvalue weighted by atomic mass is 9.98. The normalized spacial score (nSPS) is 21.0. The van der Waals surface area contributed by atoms with Crippen molar-refractivity contribution in [2.45, 2.75) is 19.4 Å². The first-order chi connectivity index (χ1) is 9.44. The Morgan fingerprint density at radius 2 is 2.15 bits per heavy atom. The van der Waals surface area contributed by atoms with E-state index in [4.69, 9.17) is 16.7 Å². The highest BCUT2D eigenvalue weighted by atomic mass is 35.5. The number of hydrogen-bond acceptors (Lipinski definition) is 3. The maximum Gasteiger partial charge on any atom is 0.274 e. The fraction of sp³-hybridized carbons (Fsp3) is 0.538. The molecule has 1 aromatic rings. The number of nitrogens with one attached hydrogen (secondary N) is 1. The Hall–Kier alpha value is -0.660. The summed E-state index contributed by atoms with van der Waals surface area (Å²) < 4.78 is 24.2. The number of likely N-dealkylation sites (tertiary alicyclic amines) is 1. The molecular weight excluding hydrogens is 298 g/mol. The maximum atomic E-state index is 10.9. The van der Waals surface area contributed by atoms with Gasteiger partial charge in [0.15, 0.2) is 0 Å². The Morgan fingerprint density at radius 1 is 1.40 bits per heavy atom. The van der Waals surface area contributed by atoms with Gasteiger partial charge in [-0.1, -0.05) is 29.8 Å². The summed E-state index contributed by atoms with van der Waals surface area (Å²) >= 11 is 6.17. The summed E-state index contributed by atoms with van der Waals surface area (Å²) in [5.74, 6) is 0.296. The first kappa shape index (κ1) is 15.7. The molecule has 1 heterocycles. The van der Waals surface area contributed by atoms with Gasteiger partial charge in [0.1, 0.15) is 0 Å². The average Bonchev–Trinajstić information content (AvgIpc) is 2.39. The second-order valence-corrected chi connectivity index (χ2v) is 7.01. The van der Waals surface area contributed by atoms with Crippen LogP contribution in [0.1, 0.15) is 18.4 Å². The van der Waals surface area contributed by atoms with Crippen molar-refractivity contribution in [3.8, 4) is 0 Å². The largest absolute Gasteiger partial charge is 0.299 e. The molecule has 1 fully saturated rings. The Kier molecular flexibility index (Phi) is 5.40. The molecule has 1 atom stereocenters. The van der Waals surface area contributed by atoms with Gasteiger partial charge in [-0.3, -0.25) is 4.90 Å². The van der Waals surface area contributed by atoms with Gasteiger partial charge in [0.25, 0.3) is 10.2 Å². The van der Waals surface area contributed by atoms with Crippen LogP contribution in [0, 0.1) is 5.92 Å². The van der Waals surface area contributed by atoms with Crippen molar-refractivity contribution in [1.29, 1.82) is 0 Å². The van der Waals surface area contributed by atoms with E-state index in [0.29, 0.717) is 12.5 Å². The maximum absolute atomic E-state index is 10.9. The molecule has 5 nitrogen and oxygen atoms in total. The van der Waals surface area contributed by atoms with Gasteiger partial charge in [-0.05, 0) is 36.9 Å². The molecule has 0 bridgehead atoms. The van der Waals surface area contributed by atoms with Gasteiger partial charge in [-0.15, -0.1) is 0 Å². The van der Waals surface area contributed by atoms with Crippen LogP contribution in [0.4, 0.5) is 0 Å². The van der Waals surface area contributed by atoms with E-state index < -0.39 is 10.2 Å². The number of rotatable bonds is 5. The van der Waals surface area contributed by atoms with Crippen LogP contribution in [0.5, 0.6) is 0 Å². The quantitative estimate of drug-likeness (QED) is 0.860. The number of halogens is 1. The topological polar surface area (TPSA) is 75.4 Å². The van der Waals surface area contributed by atoms with Crippen molar-refractivity contribution in [3.05, 3.63) is 34.9 Å². The van der Waals surface area contributed by atoms with E-state index in [1.807, 2.05) is 24.3 Å². The zero-order valence-electron chi connectivity index (χ0n) is 11.3. The molecule has 0 radical (unpaired) electrons. The first-order valence-corrected chi connectivity index (χ1v) is 8.59. The SMILES string of the molecule is NS(=O)(=O)NC[C@H]1CCCN(Cc2ccccc2Cl)C1. The third kappa shape index (κ3) is 5.03. The van der Waals surface area contributed by atoms with Gasteiger partial charge in [0.05, 0.1) is 0 Å². The van der Waals surface area contributed by atoms with Crippen LogP contribution in [-0.2, 0) is 16.8 Å². The van der Waals surface area contributed by atoms with Crippen molar-refractivity contribution in [1.82, 2.24) is 9.62 Å². The molecular formula is C13H20ClN3O2S. The third-order valence-corrected chi connectivity index (χ3v) is 4.47. The van der Waals surface area contributed by atoms with Gasteiger partial charge in [0, 0.05) is 24.7 Å². The summed E-state index contributed by atoms with van der Waals surface area (Å²) in [5.41, 5.74) is 1.11. The van der Waals surface area contributed by atoms with E-state index in [1.165, 1.54) is 0 Å². The minimum atomic E-state index is -3.60. The van der Waals surface area contributed by atoms with E-state index in [2.05, 4.69) is 9.62 Å². The molecule has 7 heteroatoms. The summed E-state index contributed by atoms with van der Waals surface area (Å²) in [4.78, 5) is 2.31. The summed E-state index contributed by atoms with van der Waals surface area (Å²) in [5, 5.41) is 5.74. The Morgan fingerprint density at radius 3 is 2.85 bits per heavy atom. The molecule has 1 aromatic carbocycles. The third-order valence-electron chi connectivity index (χ3n) is 3.53. The standard InChI is InChI=1S/C13H20ClN3O2S/c14-13-6-2-1-5-12(13)10-17-7-3-4-11(9-17)8-16-20(15,18)19/h1-2,5-6,11,16H,3-4,7-10H2,(H2,15,18,19)/t11-/m1/s1. The minimum Gasteiger partial charge on any atom is -0.299 e. The highest BCUT2D eigenvalue weighted by molar-refractivity contribution is 7.87. The van der Waals surface area contributed by atoms with E-state index >= 15 is 0 Å². The number of benzene rings is 1. The van der Waals surface area contributed by atoms with Crippen LogP contribution in [0.25, 0.3) is 0 Å². The van der Waals surface area contributed by atoms with E-state index in [1.54, 1.807) is 0 Å². The smallest absolute Gasteiger partial charge is 0.274 e. The minimum absolute atomic E-state index is 0.296. The molecule has 0 unspecified atom stereocenters. The Balaban J connectivity index is 1.89. The highest BCUT2D eigenvalue weighted by Crippen LogP contribution is 2.21. The van der Waals surface area contributed by atoms with Crippen LogP contribution < -0.4 is 9.86 Å². The number of hydrogen-bond donors (Lipinski definition) is 2. The van der Waals surface area contributed by atoms with Crippen molar-refractivity contribution in [2.75, 3.05) is 19.6 Å². The van der Waals surface area contributed by atoms with Gasteiger partial charge in [-0.25, -0.2) is 9.86 Å². The van der Waals surface area contributed by atoms with Gasteiger partial charge in [0.2, 0.25) is 0 Å². The zero-order chi connectivity index (χ0) is 14.6. The molecule has 0 spiro atoms. The lowest BCUT2D eigenvalue weighted by Gasteiger charge is -2.32. The summed E-state index contributed by atoms with van der Waals surface area (Å²) in [6, 6.07) is 7.81. The second-order valence-electron chi connectivity index (χ2n) is 5.23. The van der Waals surface area contributed by atoms with Crippen LogP contribution in [0.3, 0.4) is 0 Å². The predicted molar refractivity (Wildman–Crippen MR) is 80.6 cm³/mol. The Bertz CT molecular complexity index is 550. The molecule has 0 amide bonds. The van der Waals surface area contributed by atoms with Crippen LogP contribution in [0.2, 0.25) is 5.02 Å². The van der Waals surface area contributed by atoms with Crippen LogP contribution >= 0.6 is 11.6 Å². The fourth-order valence-electron chi connectivity index (χ4n) is 2.56. The summed E-state index contributed by atoms with van der Waals surface area (Å²) in [6.07, 6.45) is 2.07. The molecule has 1 aliphatic rings. The molecule has 112 valence electrons. The predicted octanol–water partition coefficient (Wildman–Crippen LogP) is 1.35. The molecule has 1 saturated heterocycles. The van der Waals surface area contributed by atoms with Crippen LogP contribution in [-0.4, -0.2) is 33.0 Å².